The quantitative estimate of drug-likeness (QED) is 0.197. The van der Waals surface area contributed by atoms with Crippen molar-refractivity contribution >= 4 is 54.8 Å². The molecule has 0 aliphatic carbocycles. The molecule has 6 nitrogen and oxygen atoms in total. The Labute approximate surface area is 274 Å². The molecule has 4 heterocycles. The lowest BCUT2D eigenvalue weighted by Crippen LogP contribution is -2.03. The fourth-order valence-corrected chi connectivity index (χ4v) is 6.85. The van der Waals surface area contributed by atoms with Crippen molar-refractivity contribution in [2.45, 2.75) is 0 Å². The molecule has 48 heavy (non-hydrogen) atoms. The standard InChI is InChI=1S/C42H25N5O/c1-4-14-26(15-5-1)38-30-21-10-12-22-33(30)43-42(45-38)47-34-23-13-11-20-29(34)31-24-32-36(25-35(31)47)48-41-37(32)39(27-16-6-2-7-17-27)44-40(46-41)28-18-8-3-9-19-28/h1-25H. The van der Waals surface area contributed by atoms with Gasteiger partial charge in [0.15, 0.2) is 5.82 Å². The number of aromatic nitrogens is 5. The molecular weight excluding hydrogens is 590 g/mol. The van der Waals surface area contributed by atoms with Crippen LogP contribution in [0.5, 0.6) is 0 Å². The Hall–Kier alpha value is -6.66. The van der Waals surface area contributed by atoms with Crippen LogP contribution in [0.15, 0.2) is 156 Å². The van der Waals surface area contributed by atoms with Gasteiger partial charge in [-0.2, -0.15) is 4.98 Å². The molecule has 6 heteroatoms. The largest absolute Gasteiger partial charge is 0.437 e. The highest BCUT2D eigenvalue weighted by Crippen LogP contribution is 2.41. The second-order valence-electron chi connectivity index (χ2n) is 11.9. The number of furan rings is 1. The van der Waals surface area contributed by atoms with E-state index in [1.165, 1.54) is 0 Å². The van der Waals surface area contributed by atoms with Gasteiger partial charge in [0.1, 0.15) is 5.58 Å². The molecule has 0 radical (unpaired) electrons. The second-order valence-corrected chi connectivity index (χ2v) is 11.9. The summed E-state index contributed by atoms with van der Waals surface area (Å²) in [6.07, 6.45) is 0. The summed E-state index contributed by atoms with van der Waals surface area (Å²) in [6, 6.07) is 51.5. The van der Waals surface area contributed by atoms with Crippen LogP contribution in [0, 0.1) is 0 Å². The summed E-state index contributed by atoms with van der Waals surface area (Å²) < 4.78 is 8.78. The molecule has 0 amide bonds. The molecule has 0 saturated heterocycles. The van der Waals surface area contributed by atoms with Crippen LogP contribution in [0.1, 0.15) is 0 Å². The zero-order valence-corrected chi connectivity index (χ0v) is 25.6. The Kier molecular flexibility index (Phi) is 5.77. The predicted octanol–water partition coefficient (Wildman–Crippen LogP) is 10.4. The first-order chi connectivity index (χ1) is 23.8. The van der Waals surface area contributed by atoms with E-state index in [2.05, 4.69) is 71.3 Å². The first-order valence-electron chi connectivity index (χ1n) is 15.9. The fourth-order valence-electron chi connectivity index (χ4n) is 6.85. The number of nitrogens with zero attached hydrogens (tertiary/aromatic N) is 5. The Balaban J connectivity index is 1.29. The maximum atomic E-state index is 6.63. The van der Waals surface area contributed by atoms with Gasteiger partial charge in [-0.3, -0.25) is 4.57 Å². The number of para-hydroxylation sites is 2. The van der Waals surface area contributed by atoms with Crippen molar-refractivity contribution in [3.8, 4) is 39.9 Å². The molecule has 224 valence electrons. The number of rotatable bonds is 4. The zero-order chi connectivity index (χ0) is 31.6. The molecule has 10 aromatic rings. The third-order valence-corrected chi connectivity index (χ3v) is 9.04. The minimum Gasteiger partial charge on any atom is -0.437 e. The average molecular weight is 616 g/mol. The molecular formula is C42H25N5O. The van der Waals surface area contributed by atoms with Gasteiger partial charge in [-0.1, -0.05) is 127 Å². The normalized spacial score (nSPS) is 11.8. The summed E-state index contributed by atoms with van der Waals surface area (Å²) >= 11 is 0. The van der Waals surface area contributed by atoms with Gasteiger partial charge < -0.3 is 4.42 Å². The van der Waals surface area contributed by atoms with E-state index in [-0.39, 0.29) is 0 Å². The molecule has 0 N–H and O–H groups in total. The van der Waals surface area contributed by atoms with Crippen LogP contribution in [-0.4, -0.2) is 24.5 Å². The lowest BCUT2D eigenvalue weighted by Gasteiger charge is -2.11. The lowest BCUT2D eigenvalue weighted by molar-refractivity contribution is 0.654. The molecule has 0 aliphatic heterocycles. The number of benzene rings is 6. The summed E-state index contributed by atoms with van der Waals surface area (Å²) in [6.45, 7) is 0. The van der Waals surface area contributed by atoms with Gasteiger partial charge in [0, 0.05) is 44.3 Å². The van der Waals surface area contributed by atoms with Crippen LogP contribution in [0.4, 0.5) is 0 Å². The van der Waals surface area contributed by atoms with Crippen molar-refractivity contribution in [2.75, 3.05) is 0 Å². The highest BCUT2D eigenvalue weighted by molar-refractivity contribution is 6.19. The molecule has 0 fully saturated rings. The monoisotopic (exact) mass is 615 g/mol. The van der Waals surface area contributed by atoms with Crippen molar-refractivity contribution < 1.29 is 4.42 Å². The maximum Gasteiger partial charge on any atom is 0.235 e. The van der Waals surface area contributed by atoms with Crippen molar-refractivity contribution in [2.24, 2.45) is 0 Å². The highest BCUT2D eigenvalue weighted by Gasteiger charge is 2.22. The minimum atomic E-state index is 0.550. The fraction of sp³-hybridized carbons (Fsp3) is 0. The zero-order valence-electron chi connectivity index (χ0n) is 25.6. The van der Waals surface area contributed by atoms with Gasteiger partial charge >= 0.3 is 0 Å². The van der Waals surface area contributed by atoms with Crippen molar-refractivity contribution in [1.82, 2.24) is 24.5 Å². The lowest BCUT2D eigenvalue weighted by atomic mass is 10.0. The van der Waals surface area contributed by atoms with E-state index in [1.54, 1.807) is 0 Å². The van der Waals surface area contributed by atoms with E-state index in [1.807, 2.05) is 84.9 Å². The third-order valence-electron chi connectivity index (χ3n) is 9.04. The van der Waals surface area contributed by atoms with Crippen molar-refractivity contribution in [1.29, 1.82) is 0 Å². The van der Waals surface area contributed by atoms with Gasteiger partial charge in [0.05, 0.1) is 33.3 Å². The van der Waals surface area contributed by atoms with E-state index in [4.69, 9.17) is 24.4 Å². The highest BCUT2D eigenvalue weighted by atomic mass is 16.3. The van der Waals surface area contributed by atoms with Crippen molar-refractivity contribution in [3.63, 3.8) is 0 Å². The summed E-state index contributed by atoms with van der Waals surface area (Å²) in [4.78, 5) is 20.4. The molecule has 0 aliphatic rings. The predicted molar refractivity (Wildman–Crippen MR) is 193 cm³/mol. The SMILES string of the molecule is c1ccc(-c2nc(-c3ccccc3)c3c(n2)oc2cc4c(cc23)c2ccccc2n4-c2nc(-c3ccccc3)c3ccccc3n2)cc1. The molecule has 0 bridgehead atoms. The van der Waals surface area contributed by atoms with E-state index in [9.17, 15) is 0 Å². The van der Waals surface area contributed by atoms with Crippen LogP contribution < -0.4 is 0 Å². The third kappa shape index (κ3) is 4.06. The molecule has 0 saturated carbocycles. The van der Waals surface area contributed by atoms with Crippen molar-refractivity contribution in [3.05, 3.63) is 152 Å². The van der Waals surface area contributed by atoms with Crippen LogP contribution in [0.3, 0.4) is 0 Å². The first kappa shape index (κ1) is 26.5. The van der Waals surface area contributed by atoms with E-state index in [0.717, 1.165) is 77.1 Å². The molecule has 0 atom stereocenters. The van der Waals surface area contributed by atoms with Gasteiger partial charge in [-0.05, 0) is 18.2 Å². The van der Waals surface area contributed by atoms with Gasteiger partial charge in [0.25, 0.3) is 0 Å². The molecule has 4 aromatic heterocycles. The second kappa shape index (κ2) is 10.4. The van der Waals surface area contributed by atoms with Gasteiger partial charge in [0.2, 0.25) is 11.7 Å². The Morgan fingerprint density at radius 2 is 1.06 bits per heavy atom. The molecule has 6 aromatic carbocycles. The Morgan fingerprint density at radius 3 is 1.81 bits per heavy atom. The average Bonchev–Trinajstić information content (AvgIpc) is 3.68. The summed E-state index contributed by atoms with van der Waals surface area (Å²) in [5.74, 6) is 1.23. The summed E-state index contributed by atoms with van der Waals surface area (Å²) in [5.41, 5.74) is 8.84. The topological polar surface area (TPSA) is 69.6 Å². The Morgan fingerprint density at radius 1 is 0.438 bits per heavy atom. The summed E-state index contributed by atoms with van der Waals surface area (Å²) in [5, 5.41) is 5.04. The minimum absolute atomic E-state index is 0.550. The van der Waals surface area contributed by atoms with Gasteiger partial charge in [-0.15, -0.1) is 0 Å². The van der Waals surface area contributed by atoms with Crippen LogP contribution in [0.25, 0.3) is 94.6 Å². The number of fused-ring (bicyclic) bond motifs is 7. The Bertz CT molecular complexity index is 2820. The van der Waals surface area contributed by atoms with Crippen LogP contribution in [-0.2, 0) is 0 Å². The van der Waals surface area contributed by atoms with E-state index >= 15 is 0 Å². The smallest absolute Gasteiger partial charge is 0.235 e. The van der Waals surface area contributed by atoms with Crippen LogP contribution >= 0.6 is 0 Å². The first-order valence-corrected chi connectivity index (χ1v) is 15.9. The maximum absolute atomic E-state index is 6.63. The number of hydrogen-bond donors (Lipinski definition) is 0. The van der Waals surface area contributed by atoms with E-state index < -0.39 is 0 Å². The van der Waals surface area contributed by atoms with E-state index in [0.29, 0.717) is 17.5 Å². The van der Waals surface area contributed by atoms with Crippen LogP contribution in [0.2, 0.25) is 0 Å². The van der Waals surface area contributed by atoms with Gasteiger partial charge in [-0.25, -0.2) is 15.0 Å². The molecule has 0 spiro atoms. The molecule has 0 unspecified atom stereocenters. The number of hydrogen-bond acceptors (Lipinski definition) is 5. The summed E-state index contributed by atoms with van der Waals surface area (Å²) in [7, 11) is 0. The molecule has 10 rings (SSSR count).